The zero-order chi connectivity index (χ0) is 21.8. The molecule has 0 amide bonds. The fourth-order valence-electron chi connectivity index (χ4n) is 2.99. The van der Waals surface area contributed by atoms with Crippen LogP contribution in [0.5, 0.6) is 34.5 Å². The Bertz CT molecular complexity index is 1130. The molecule has 31 heavy (non-hydrogen) atoms. The minimum absolute atomic E-state index is 0.324. The van der Waals surface area contributed by atoms with Gasteiger partial charge in [0.15, 0.2) is 0 Å². The summed E-state index contributed by atoms with van der Waals surface area (Å²) in [6.45, 7) is 3.33. The highest BCUT2D eigenvalue weighted by Crippen LogP contribution is 2.33. The van der Waals surface area contributed by atoms with E-state index in [4.69, 9.17) is 14.2 Å². The highest BCUT2D eigenvalue weighted by Gasteiger charge is 2.09. The summed E-state index contributed by atoms with van der Waals surface area (Å²) in [4.78, 5) is 0. The predicted octanol–water partition coefficient (Wildman–Crippen LogP) is 7.96. The highest BCUT2D eigenvalue weighted by atomic mass is 19.1. The van der Waals surface area contributed by atoms with Crippen LogP contribution in [0.15, 0.2) is 84.9 Å². The first-order chi connectivity index (χ1) is 15.0. The van der Waals surface area contributed by atoms with Crippen LogP contribution in [-0.2, 0) is 0 Å². The molecule has 4 aromatic carbocycles. The first kappa shape index (κ1) is 20.4. The van der Waals surface area contributed by atoms with Crippen molar-refractivity contribution in [3.63, 3.8) is 0 Å². The van der Waals surface area contributed by atoms with E-state index in [1.807, 2.05) is 0 Å². The quantitative estimate of drug-likeness (QED) is 0.318. The van der Waals surface area contributed by atoms with Gasteiger partial charge in [0, 0.05) is 23.3 Å². The molecule has 0 heterocycles. The second-order valence-electron chi connectivity index (χ2n) is 6.98. The van der Waals surface area contributed by atoms with Crippen LogP contribution in [0.2, 0.25) is 0 Å². The topological polar surface area (TPSA) is 27.7 Å². The van der Waals surface area contributed by atoms with Gasteiger partial charge in [-0.1, -0.05) is 24.3 Å². The van der Waals surface area contributed by atoms with E-state index < -0.39 is 0 Å². The molecule has 0 aliphatic carbocycles. The first-order valence-corrected chi connectivity index (χ1v) is 9.73. The summed E-state index contributed by atoms with van der Waals surface area (Å²) in [5, 5.41) is 0. The second kappa shape index (κ2) is 8.88. The molecule has 0 aromatic heterocycles. The van der Waals surface area contributed by atoms with E-state index in [0.29, 0.717) is 45.6 Å². The van der Waals surface area contributed by atoms with Crippen LogP contribution >= 0.6 is 0 Å². The summed E-state index contributed by atoms with van der Waals surface area (Å²) in [7, 11) is 0. The van der Waals surface area contributed by atoms with Crippen molar-refractivity contribution in [2.45, 2.75) is 13.8 Å². The number of hydrogen-bond donors (Lipinski definition) is 0. The summed E-state index contributed by atoms with van der Waals surface area (Å²) in [6.07, 6.45) is 0. The molecule has 4 aromatic rings. The van der Waals surface area contributed by atoms with Crippen LogP contribution in [-0.4, -0.2) is 0 Å². The monoisotopic (exact) mass is 418 g/mol. The van der Waals surface area contributed by atoms with Gasteiger partial charge >= 0.3 is 0 Å². The predicted molar refractivity (Wildman–Crippen MR) is 115 cm³/mol. The normalized spacial score (nSPS) is 10.6. The lowest BCUT2D eigenvalue weighted by Crippen LogP contribution is -1.92. The van der Waals surface area contributed by atoms with Crippen molar-refractivity contribution in [2.24, 2.45) is 0 Å². The molecular formula is C26H20F2O3. The Morgan fingerprint density at radius 1 is 0.484 bits per heavy atom. The summed E-state index contributed by atoms with van der Waals surface area (Å²) in [5.41, 5.74) is 0.873. The van der Waals surface area contributed by atoms with Crippen molar-refractivity contribution in [1.82, 2.24) is 0 Å². The molecule has 0 bridgehead atoms. The van der Waals surface area contributed by atoms with Crippen LogP contribution < -0.4 is 14.2 Å². The van der Waals surface area contributed by atoms with Gasteiger partial charge in [0.25, 0.3) is 0 Å². The van der Waals surface area contributed by atoms with Gasteiger partial charge in [0.2, 0.25) is 0 Å². The lowest BCUT2D eigenvalue weighted by Gasteiger charge is -2.12. The maximum atomic E-state index is 13.8. The van der Waals surface area contributed by atoms with Crippen LogP contribution in [0.3, 0.4) is 0 Å². The molecule has 0 fully saturated rings. The van der Waals surface area contributed by atoms with Crippen molar-refractivity contribution >= 4 is 0 Å². The highest BCUT2D eigenvalue weighted by molar-refractivity contribution is 5.44. The summed E-state index contributed by atoms with van der Waals surface area (Å²) >= 11 is 0. The Hall–Kier alpha value is -3.86. The van der Waals surface area contributed by atoms with Gasteiger partial charge in [-0.3, -0.25) is 0 Å². The minimum atomic E-state index is -0.324. The van der Waals surface area contributed by atoms with Gasteiger partial charge in [0.1, 0.15) is 46.1 Å². The summed E-state index contributed by atoms with van der Waals surface area (Å²) < 4.78 is 45.1. The van der Waals surface area contributed by atoms with E-state index in [1.54, 1.807) is 86.6 Å². The number of benzene rings is 4. The molecule has 0 saturated carbocycles. The van der Waals surface area contributed by atoms with Crippen LogP contribution in [0.4, 0.5) is 8.78 Å². The first-order valence-electron chi connectivity index (χ1n) is 9.73. The maximum absolute atomic E-state index is 13.8. The van der Waals surface area contributed by atoms with E-state index in [2.05, 4.69) is 0 Å². The molecule has 0 spiro atoms. The number of ether oxygens (including phenoxy) is 3. The Labute approximate surface area is 179 Å². The van der Waals surface area contributed by atoms with E-state index in [9.17, 15) is 8.78 Å². The van der Waals surface area contributed by atoms with Crippen molar-refractivity contribution in [1.29, 1.82) is 0 Å². The average Bonchev–Trinajstić information content (AvgIpc) is 2.75. The smallest absolute Gasteiger partial charge is 0.133 e. The van der Waals surface area contributed by atoms with E-state index in [0.717, 1.165) is 0 Å². The van der Waals surface area contributed by atoms with Gasteiger partial charge in [-0.2, -0.15) is 0 Å². The van der Waals surface area contributed by atoms with Crippen LogP contribution in [0, 0.1) is 25.5 Å². The second-order valence-corrected chi connectivity index (χ2v) is 6.98. The van der Waals surface area contributed by atoms with Crippen molar-refractivity contribution < 1.29 is 23.0 Å². The SMILES string of the molecule is Cc1c(F)cccc1Oc1cccc(Oc2cccc(Oc3cccc(F)c3C)c2)c1. The lowest BCUT2D eigenvalue weighted by molar-refractivity contribution is 0.446. The summed E-state index contributed by atoms with van der Waals surface area (Å²) in [5.74, 6) is 2.38. The van der Waals surface area contributed by atoms with E-state index in [1.165, 1.54) is 12.1 Å². The Morgan fingerprint density at radius 3 is 1.26 bits per heavy atom. The van der Waals surface area contributed by atoms with Crippen molar-refractivity contribution in [2.75, 3.05) is 0 Å². The van der Waals surface area contributed by atoms with Crippen molar-refractivity contribution in [3.8, 4) is 34.5 Å². The van der Waals surface area contributed by atoms with Crippen LogP contribution in [0.25, 0.3) is 0 Å². The third-order valence-electron chi connectivity index (χ3n) is 4.74. The molecule has 3 nitrogen and oxygen atoms in total. The van der Waals surface area contributed by atoms with E-state index >= 15 is 0 Å². The molecule has 0 aliphatic heterocycles. The third kappa shape index (κ3) is 4.83. The molecule has 0 atom stereocenters. The molecule has 156 valence electrons. The Kier molecular flexibility index (Phi) is 5.85. The zero-order valence-electron chi connectivity index (χ0n) is 17.1. The molecule has 0 unspecified atom stereocenters. The molecule has 0 saturated heterocycles. The van der Waals surface area contributed by atoms with Gasteiger partial charge in [-0.15, -0.1) is 0 Å². The fraction of sp³-hybridized carbons (Fsp3) is 0.0769. The Morgan fingerprint density at radius 2 is 0.839 bits per heavy atom. The lowest BCUT2D eigenvalue weighted by atomic mass is 10.2. The molecule has 0 radical (unpaired) electrons. The number of halogens is 2. The zero-order valence-corrected chi connectivity index (χ0v) is 17.1. The largest absolute Gasteiger partial charge is 0.457 e. The summed E-state index contributed by atoms with van der Waals surface area (Å²) in [6, 6.07) is 23.5. The molecule has 5 heteroatoms. The molecule has 0 aliphatic rings. The van der Waals surface area contributed by atoms with E-state index in [-0.39, 0.29) is 11.6 Å². The molecule has 4 rings (SSSR count). The van der Waals surface area contributed by atoms with Gasteiger partial charge in [0.05, 0.1) is 0 Å². The van der Waals surface area contributed by atoms with Crippen LogP contribution in [0.1, 0.15) is 11.1 Å². The van der Waals surface area contributed by atoms with Gasteiger partial charge in [-0.05, 0) is 62.4 Å². The van der Waals surface area contributed by atoms with Gasteiger partial charge < -0.3 is 14.2 Å². The van der Waals surface area contributed by atoms with Gasteiger partial charge in [-0.25, -0.2) is 8.78 Å². The molecular weight excluding hydrogens is 398 g/mol. The Balaban J connectivity index is 1.51. The standard InChI is InChI=1S/C26H20F2O3/c1-17-23(27)11-5-13-25(17)30-21-9-3-7-19(15-21)29-20-8-4-10-22(16-20)31-26-14-6-12-24(28)18(26)2/h3-16H,1-2H3. The maximum Gasteiger partial charge on any atom is 0.133 e. The minimum Gasteiger partial charge on any atom is -0.457 e. The average molecular weight is 418 g/mol. The van der Waals surface area contributed by atoms with Crippen molar-refractivity contribution in [3.05, 3.63) is 108 Å². The number of hydrogen-bond acceptors (Lipinski definition) is 3. The molecule has 0 N–H and O–H groups in total. The third-order valence-corrected chi connectivity index (χ3v) is 4.74. The number of rotatable bonds is 6. The fourth-order valence-corrected chi connectivity index (χ4v) is 2.99.